The molecule has 5 rings (SSSR count). The first-order valence-corrected chi connectivity index (χ1v) is 10.3. The molecule has 1 N–H and O–H groups in total. The number of carbonyl (C=O) groups excluding carboxylic acids is 2. The van der Waals surface area contributed by atoms with E-state index in [0.717, 1.165) is 32.1 Å². The predicted octanol–water partition coefficient (Wildman–Crippen LogP) is 3.21. The Morgan fingerprint density at radius 2 is 1.76 bits per heavy atom. The van der Waals surface area contributed by atoms with Crippen molar-refractivity contribution < 1.29 is 9.59 Å². The Morgan fingerprint density at radius 3 is 2.59 bits per heavy atom. The van der Waals surface area contributed by atoms with Crippen LogP contribution in [0.5, 0.6) is 0 Å². The number of hydrogen-bond donors (Lipinski definition) is 1. The van der Waals surface area contributed by atoms with Gasteiger partial charge < -0.3 is 10.2 Å². The van der Waals surface area contributed by atoms with Crippen LogP contribution in [0.2, 0.25) is 0 Å². The zero-order valence-corrected chi connectivity index (χ0v) is 16.3. The summed E-state index contributed by atoms with van der Waals surface area (Å²) in [7, 11) is 0. The Labute approximate surface area is 169 Å². The number of nitrogens with one attached hydrogen (secondary N) is 1. The van der Waals surface area contributed by atoms with Crippen molar-refractivity contribution in [3.05, 3.63) is 71.3 Å². The molecule has 29 heavy (non-hydrogen) atoms. The monoisotopic (exact) mass is 388 g/mol. The van der Waals surface area contributed by atoms with E-state index in [1.807, 2.05) is 35.2 Å². The summed E-state index contributed by atoms with van der Waals surface area (Å²) in [6.45, 7) is 1.23. The third-order valence-corrected chi connectivity index (χ3v) is 6.06. The van der Waals surface area contributed by atoms with Gasteiger partial charge in [-0.25, -0.2) is 4.98 Å². The minimum atomic E-state index is -0.207. The molecule has 3 heterocycles. The summed E-state index contributed by atoms with van der Waals surface area (Å²) in [5.74, 6) is -0.0440. The van der Waals surface area contributed by atoms with Gasteiger partial charge in [-0.05, 0) is 42.5 Å². The number of fused-ring (bicyclic) bond motifs is 2. The molecule has 0 spiro atoms. The lowest BCUT2D eigenvalue weighted by Gasteiger charge is -2.28. The first-order chi connectivity index (χ1) is 14.2. The zero-order valence-electron chi connectivity index (χ0n) is 16.3. The molecule has 3 aromatic rings. The summed E-state index contributed by atoms with van der Waals surface area (Å²) < 4.78 is 1.73. The molecular weight excluding hydrogens is 364 g/mol. The number of pyridine rings is 1. The molecule has 1 aliphatic heterocycles. The van der Waals surface area contributed by atoms with Gasteiger partial charge in [-0.2, -0.15) is 0 Å². The molecule has 1 saturated carbocycles. The van der Waals surface area contributed by atoms with Gasteiger partial charge in [0.1, 0.15) is 0 Å². The highest BCUT2D eigenvalue weighted by molar-refractivity contribution is 6.02. The highest BCUT2D eigenvalue weighted by Gasteiger charge is 2.28. The number of rotatable bonds is 3. The summed E-state index contributed by atoms with van der Waals surface area (Å²) in [6, 6.07) is 14.0. The number of hydrogen-bond acceptors (Lipinski definition) is 3. The fourth-order valence-electron chi connectivity index (χ4n) is 4.49. The van der Waals surface area contributed by atoms with Crippen LogP contribution < -0.4 is 5.32 Å². The summed E-state index contributed by atoms with van der Waals surface area (Å²) in [4.78, 5) is 32.5. The predicted molar refractivity (Wildman–Crippen MR) is 110 cm³/mol. The minimum absolute atomic E-state index is 0.122. The van der Waals surface area contributed by atoms with Gasteiger partial charge in [0.2, 0.25) is 5.82 Å². The fourth-order valence-corrected chi connectivity index (χ4v) is 4.49. The lowest BCUT2D eigenvalue weighted by atomic mass is 10.00. The minimum Gasteiger partial charge on any atom is -0.347 e. The maximum absolute atomic E-state index is 13.3. The maximum Gasteiger partial charge on any atom is 0.287 e. The van der Waals surface area contributed by atoms with E-state index in [1.165, 1.54) is 11.1 Å². The lowest BCUT2D eigenvalue weighted by molar-refractivity contribution is 0.0731. The topological polar surface area (TPSA) is 66.7 Å². The van der Waals surface area contributed by atoms with Crippen LogP contribution in [-0.2, 0) is 13.0 Å². The summed E-state index contributed by atoms with van der Waals surface area (Å²) in [5.41, 5.74) is 3.49. The van der Waals surface area contributed by atoms with E-state index in [-0.39, 0.29) is 23.7 Å². The quantitative estimate of drug-likeness (QED) is 0.749. The van der Waals surface area contributed by atoms with Crippen LogP contribution in [0.3, 0.4) is 0 Å². The van der Waals surface area contributed by atoms with Crippen molar-refractivity contribution in [2.45, 2.75) is 44.7 Å². The zero-order chi connectivity index (χ0) is 19.8. The van der Waals surface area contributed by atoms with E-state index in [1.54, 1.807) is 10.6 Å². The molecule has 0 unspecified atom stereocenters. The van der Waals surface area contributed by atoms with Crippen molar-refractivity contribution in [3.8, 4) is 0 Å². The van der Waals surface area contributed by atoms with Gasteiger partial charge in [-0.15, -0.1) is 0 Å². The number of nitrogens with zero attached hydrogens (tertiary/aromatic N) is 3. The Kier molecular flexibility index (Phi) is 4.54. The van der Waals surface area contributed by atoms with Crippen LogP contribution in [-0.4, -0.2) is 38.7 Å². The highest BCUT2D eigenvalue weighted by Crippen LogP contribution is 2.23. The molecule has 6 nitrogen and oxygen atoms in total. The number of benzene rings is 1. The largest absolute Gasteiger partial charge is 0.347 e. The molecule has 1 fully saturated rings. The molecular formula is C23H24N4O2. The third kappa shape index (κ3) is 3.28. The van der Waals surface area contributed by atoms with Crippen LogP contribution in [0.15, 0.2) is 48.7 Å². The van der Waals surface area contributed by atoms with E-state index >= 15 is 0 Å². The number of aromatic nitrogens is 2. The smallest absolute Gasteiger partial charge is 0.287 e. The molecule has 2 aliphatic rings. The van der Waals surface area contributed by atoms with E-state index in [0.29, 0.717) is 24.3 Å². The second-order valence-electron chi connectivity index (χ2n) is 7.94. The van der Waals surface area contributed by atoms with Gasteiger partial charge in [0.25, 0.3) is 11.8 Å². The molecule has 0 atom stereocenters. The van der Waals surface area contributed by atoms with Gasteiger partial charge in [0.05, 0.1) is 5.52 Å². The normalized spacial score (nSPS) is 16.8. The Balaban J connectivity index is 1.46. The molecule has 2 amide bonds. The third-order valence-electron chi connectivity index (χ3n) is 6.06. The van der Waals surface area contributed by atoms with Crippen LogP contribution >= 0.6 is 0 Å². The van der Waals surface area contributed by atoms with E-state index < -0.39 is 0 Å². The fraction of sp³-hybridized carbons (Fsp3) is 0.348. The number of imidazole rings is 1. The molecule has 1 aliphatic carbocycles. The van der Waals surface area contributed by atoms with Gasteiger partial charge in [-0.1, -0.05) is 43.2 Å². The van der Waals surface area contributed by atoms with Gasteiger partial charge >= 0.3 is 0 Å². The Hall–Kier alpha value is -3.15. The average Bonchev–Trinajstić information content (AvgIpc) is 3.40. The Bertz CT molecular complexity index is 1080. The van der Waals surface area contributed by atoms with Crippen molar-refractivity contribution in [2.75, 3.05) is 6.54 Å². The van der Waals surface area contributed by atoms with Gasteiger partial charge in [0, 0.05) is 25.3 Å². The first-order valence-electron chi connectivity index (χ1n) is 10.3. The average molecular weight is 388 g/mol. The van der Waals surface area contributed by atoms with Crippen molar-refractivity contribution >= 4 is 17.3 Å². The van der Waals surface area contributed by atoms with E-state index in [9.17, 15) is 9.59 Å². The second-order valence-corrected chi connectivity index (χ2v) is 7.94. The maximum atomic E-state index is 13.3. The van der Waals surface area contributed by atoms with Gasteiger partial charge in [-0.3, -0.25) is 14.0 Å². The van der Waals surface area contributed by atoms with Crippen LogP contribution in [0.4, 0.5) is 0 Å². The molecule has 0 bridgehead atoms. The van der Waals surface area contributed by atoms with Crippen molar-refractivity contribution in [1.29, 1.82) is 0 Å². The lowest BCUT2D eigenvalue weighted by Crippen LogP contribution is -2.36. The van der Waals surface area contributed by atoms with Crippen molar-refractivity contribution in [2.24, 2.45) is 0 Å². The molecule has 0 saturated heterocycles. The molecule has 148 valence electrons. The van der Waals surface area contributed by atoms with Gasteiger partial charge in [0.15, 0.2) is 5.69 Å². The molecule has 0 radical (unpaired) electrons. The first kappa shape index (κ1) is 17.9. The SMILES string of the molecule is O=C(NC1CCCC1)c1nc(C(=O)N2CCc3ccccc3C2)c2ccccn12. The Morgan fingerprint density at radius 1 is 1.00 bits per heavy atom. The summed E-state index contributed by atoms with van der Waals surface area (Å²) in [6.07, 6.45) is 6.94. The van der Waals surface area contributed by atoms with Crippen LogP contribution in [0, 0.1) is 0 Å². The van der Waals surface area contributed by atoms with Crippen LogP contribution in [0.25, 0.3) is 5.52 Å². The van der Waals surface area contributed by atoms with E-state index in [2.05, 4.69) is 22.4 Å². The molecule has 2 aromatic heterocycles. The standard InChI is InChI=1S/C23H24N4O2/c28-22(24-18-9-3-4-10-18)21-25-20(19-11-5-6-13-27(19)21)23(29)26-14-12-16-7-1-2-8-17(16)15-26/h1-2,5-8,11,13,18H,3-4,9-10,12,14-15H2,(H,24,28). The van der Waals surface area contributed by atoms with Crippen molar-refractivity contribution in [1.82, 2.24) is 19.6 Å². The second kappa shape index (κ2) is 7.35. The summed E-state index contributed by atoms with van der Waals surface area (Å²) in [5, 5.41) is 3.08. The number of carbonyl (C=O) groups is 2. The van der Waals surface area contributed by atoms with Crippen LogP contribution in [0.1, 0.15) is 57.9 Å². The van der Waals surface area contributed by atoms with Crippen molar-refractivity contribution in [3.63, 3.8) is 0 Å². The molecule has 1 aromatic carbocycles. The molecule has 6 heteroatoms. The highest BCUT2D eigenvalue weighted by atomic mass is 16.2. The van der Waals surface area contributed by atoms with E-state index in [4.69, 9.17) is 0 Å². The summed E-state index contributed by atoms with van der Waals surface area (Å²) >= 11 is 0. The number of amides is 2.